The maximum absolute atomic E-state index is 12.6. The van der Waals surface area contributed by atoms with Gasteiger partial charge < -0.3 is 4.74 Å². The largest absolute Gasteiger partial charge is 0.356 e. The summed E-state index contributed by atoms with van der Waals surface area (Å²) in [5.41, 5.74) is 3.85. The predicted octanol–water partition coefficient (Wildman–Crippen LogP) is 4.16. The fourth-order valence-corrected chi connectivity index (χ4v) is 3.47. The van der Waals surface area contributed by atoms with Crippen molar-refractivity contribution < 1.29 is 4.74 Å². The van der Waals surface area contributed by atoms with Gasteiger partial charge in [0.1, 0.15) is 6.73 Å². The van der Waals surface area contributed by atoms with E-state index in [4.69, 9.17) is 4.74 Å². The van der Waals surface area contributed by atoms with E-state index in [1.54, 1.807) is 4.57 Å². The molecule has 2 aromatic carbocycles. The highest BCUT2D eigenvalue weighted by atomic mass is 16.5. The summed E-state index contributed by atoms with van der Waals surface area (Å²) < 4.78 is 7.41. The van der Waals surface area contributed by atoms with E-state index in [2.05, 4.69) is 11.1 Å². The summed E-state index contributed by atoms with van der Waals surface area (Å²) in [4.78, 5) is 27.5. The molecule has 0 unspecified atom stereocenters. The van der Waals surface area contributed by atoms with Crippen LogP contribution in [0.15, 0.2) is 75.8 Å². The van der Waals surface area contributed by atoms with Crippen molar-refractivity contribution in [2.45, 2.75) is 39.8 Å². The van der Waals surface area contributed by atoms with Crippen molar-refractivity contribution in [3.8, 4) is 0 Å². The molecule has 156 valence electrons. The molecule has 0 saturated carbocycles. The quantitative estimate of drug-likeness (QED) is 0.582. The zero-order chi connectivity index (χ0) is 21.3. The zero-order valence-electron chi connectivity index (χ0n) is 17.6. The highest BCUT2D eigenvalue weighted by Gasteiger charge is 2.15. The fraction of sp³-hybridized carbons (Fsp3) is 0.280. The Kier molecular flexibility index (Phi) is 7.57. The smallest absolute Gasteiger partial charge is 0.330 e. The van der Waals surface area contributed by atoms with Gasteiger partial charge in [0.2, 0.25) is 0 Å². The minimum absolute atomic E-state index is 0.0917. The maximum Gasteiger partial charge on any atom is 0.330 e. The number of hydrogen-bond acceptors (Lipinski definition) is 3. The summed E-state index contributed by atoms with van der Waals surface area (Å²) in [6, 6.07) is 19.9. The lowest BCUT2D eigenvalue weighted by Crippen LogP contribution is -2.36. The first-order valence-electron chi connectivity index (χ1n) is 10.3. The minimum atomic E-state index is -0.435. The number of ether oxygens (including phenoxy) is 1. The van der Waals surface area contributed by atoms with Crippen LogP contribution in [-0.2, 0) is 24.3 Å². The van der Waals surface area contributed by atoms with Gasteiger partial charge in [0, 0.05) is 17.7 Å². The molecule has 0 aliphatic heterocycles. The first-order valence-corrected chi connectivity index (χ1v) is 10.3. The SMILES string of the molecule is CCCc1c(Cc2ccccc2)n(COC/C(C)=C/c2ccccc2)c(=O)[nH]c1=O. The van der Waals surface area contributed by atoms with E-state index in [0.29, 0.717) is 25.0 Å². The summed E-state index contributed by atoms with van der Waals surface area (Å²) in [6.07, 6.45) is 4.01. The van der Waals surface area contributed by atoms with Gasteiger partial charge in [0.05, 0.1) is 6.61 Å². The molecule has 0 atom stereocenters. The Morgan fingerprint density at radius 2 is 1.70 bits per heavy atom. The molecule has 1 heterocycles. The van der Waals surface area contributed by atoms with Crippen LogP contribution in [0.4, 0.5) is 0 Å². The molecule has 0 aliphatic carbocycles. The van der Waals surface area contributed by atoms with E-state index in [1.165, 1.54) is 0 Å². The van der Waals surface area contributed by atoms with E-state index in [1.807, 2.05) is 74.5 Å². The van der Waals surface area contributed by atoms with E-state index in [9.17, 15) is 9.59 Å². The van der Waals surface area contributed by atoms with Crippen molar-refractivity contribution in [3.63, 3.8) is 0 Å². The van der Waals surface area contributed by atoms with Gasteiger partial charge in [-0.05, 0) is 30.0 Å². The molecule has 0 spiro atoms. The van der Waals surface area contributed by atoms with Gasteiger partial charge in [-0.15, -0.1) is 0 Å². The highest BCUT2D eigenvalue weighted by Crippen LogP contribution is 2.13. The molecule has 0 bridgehead atoms. The van der Waals surface area contributed by atoms with Crippen LogP contribution in [-0.4, -0.2) is 16.2 Å². The molecule has 3 aromatic rings. The van der Waals surface area contributed by atoms with Gasteiger partial charge in [-0.25, -0.2) is 4.79 Å². The van der Waals surface area contributed by atoms with Crippen molar-refractivity contribution in [1.82, 2.24) is 9.55 Å². The first-order chi connectivity index (χ1) is 14.6. The van der Waals surface area contributed by atoms with Crippen molar-refractivity contribution in [2.75, 3.05) is 6.61 Å². The van der Waals surface area contributed by atoms with Crippen LogP contribution in [0.25, 0.3) is 6.08 Å². The standard InChI is InChI=1S/C25H28N2O3/c1-3-10-22-23(16-21-13-8-5-9-14-21)27(25(29)26-24(22)28)18-30-17-19(2)15-20-11-6-4-7-12-20/h4-9,11-15H,3,10,16-18H2,1-2H3,(H,26,28,29)/b19-15+. The zero-order valence-corrected chi connectivity index (χ0v) is 17.6. The minimum Gasteiger partial charge on any atom is -0.356 e. The molecule has 30 heavy (non-hydrogen) atoms. The lowest BCUT2D eigenvalue weighted by Gasteiger charge is -2.16. The van der Waals surface area contributed by atoms with Gasteiger partial charge >= 0.3 is 5.69 Å². The first kappa shape index (κ1) is 21.5. The Balaban J connectivity index is 1.84. The average Bonchev–Trinajstić information content (AvgIpc) is 2.74. The van der Waals surface area contributed by atoms with Gasteiger partial charge in [0.15, 0.2) is 0 Å². The Hall–Kier alpha value is -3.18. The number of aromatic amines is 1. The summed E-state index contributed by atoms with van der Waals surface area (Å²) in [5, 5.41) is 0. The van der Waals surface area contributed by atoms with Gasteiger partial charge in [-0.1, -0.05) is 80.1 Å². The number of benzene rings is 2. The second-order valence-electron chi connectivity index (χ2n) is 7.40. The number of nitrogens with zero attached hydrogens (tertiary/aromatic N) is 1. The summed E-state index contributed by atoms with van der Waals surface area (Å²) in [7, 11) is 0. The Labute approximate surface area is 176 Å². The molecule has 5 nitrogen and oxygen atoms in total. The molecule has 1 N–H and O–H groups in total. The number of hydrogen-bond donors (Lipinski definition) is 1. The van der Waals surface area contributed by atoms with Crippen LogP contribution in [0.5, 0.6) is 0 Å². The second kappa shape index (κ2) is 10.6. The molecular weight excluding hydrogens is 376 g/mol. The molecule has 0 saturated heterocycles. The monoisotopic (exact) mass is 404 g/mol. The van der Waals surface area contributed by atoms with Crippen LogP contribution < -0.4 is 11.2 Å². The van der Waals surface area contributed by atoms with Gasteiger partial charge in [-0.2, -0.15) is 0 Å². The third-order valence-corrected chi connectivity index (χ3v) is 4.89. The highest BCUT2D eigenvalue weighted by molar-refractivity contribution is 5.52. The van der Waals surface area contributed by atoms with Gasteiger partial charge in [-0.3, -0.25) is 14.3 Å². The third kappa shape index (κ3) is 5.67. The van der Waals surface area contributed by atoms with Crippen LogP contribution in [0, 0.1) is 0 Å². The van der Waals surface area contributed by atoms with Crippen LogP contribution in [0.2, 0.25) is 0 Å². The lowest BCUT2D eigenvalue weighted by molar-refractivity contribution is 0.0897. The molecule has 0 radical (unpaired) electrons. The summed E-state index contributed by atoms with van der Waals surface area (Å²) in [5.74, 6) is 0. The van der Waals surface area contributed by atoms with Crippen LogP contribution in [0.3, 0.4) is 0 Å². The number of H-pyrrole nitrogens is 1. The van der Waals surface area contributed by atoms with Crippen LogP contribution in [0.1, 0.15) is 42.7 Å². The van der Waals surface area contributed by atoms with E-state index in [-0.39, 0.29) is 12.3 Å². The van der Waals surface area contributed by atoms with Crippen molar-refractivity contribution >= 4 is 6.08 Å². The molecule has 1 aromatic heterocycles. The molecule has 0 aliphatic rings. The molecule has 5 heteroatoms. The van der Waals surface area contributed by atoms with E-state index in [0.717, 1.165) is 28.8 Å². The maximum atomic E-state index is 12.6. The van der Waals surface area contributed by atoms with E-state index < -0.39 is 5.69 Å². The molecule has 0 amide bonds. The Morgan fingerprint density at radius 3 is 2.37 bits per heavy atom. The number of aromatic nitrogens is 2. The van der Waals surface area contributed by atoms with Crippen molar-refractivity contribution in [2.24, 2.45) is 0 Å². The lowest BCUT2D eigenvalue weighted by atomic mass is 10.0. The number of nitrogens with one attached hydrogen (secondary N) is 1. The van der Waals surface area contributed by atoms with Crippen molar-refractivity contribution in [3.05, 3.63) is 109 Å². The topological polar surface area (TPSA) is 64.1 Å². The average molecular weight is 405 g/mol. The Morgan fingerprint density at radius 1 is 1.03 bits per heavy atom. The molecule has 0 fully saturated rings. The molecular formula is C25H28N2O3. The normalized spacial score (nSPS) is 11.6. The third-order valence-electron chi connectivity index (χ3n) is 4.89. The predicted molar refractivity (Wildman–Crippen MR) is 121 cm³/mol. The van der Waals surface area contributed by atoms with Gasteiger partial charge in [0.25, 0.3) is 5.56 Å². The van der Waals surface area contributed by atoms with Crippen molar-refractivity contribution in [1.29, 1.82) is 0 Å². The van der Waals surface area contributed by atoms with Crippen LogP contribution >= 0.6 is 0 Å². The second-order valence-corrected chi connectivity index (χ2v) is 7.40. The number of rotatable bonds is 9. The summed E-state index contributed by atoms with van der Waals surface area (Å²) in [6.45, 7) is 4.51. The van der Waals surface area contributed by atoms with E-state index >= 15 is 0 Å². The fourth-order valence-electron chi connectivity index (χ4n) is 3.47. The Bertz CT molecular complexity index is 1100. The summed E-state index contributed by atoms with van der Waals surface area (Å²) >= 11 is 0. The molecule has 3 rings (SSSR count).